The van der Waals surface area contributed by atoms with Crippen molar-refractivity contribution in [2.24, 2.45) is 0 Å². The number of hydrogen-bond acceptors (Lipinski definition) is 1. The highest BCUT2D eigenvalue weighted by molar-refractivity contribution is 4.81. The van der Waals surface area contributed by atoms with E-state index in [2.05, 4.69) is 38.1 Å². The molecule has 0 saturated heterocycles. The van der Waals surface area contributed by atoms with Crippen LogP contribution in [0.25, 0.3) is 0 Å². The lowest BCUT2D eigenvalue weighted by Crippen LogP contribution is -2.10. The van der Waals surface area contributed by atoms with Gasteiger partial charge in [-0.2, -0.15) is 0 Å². The van der Waals surface area contributed by atoms with Crippen molar-refractivity contribution in [3.8, 4) is 0 Å². The molecule has 48 valence electrons. The number of hydrogen-bond donors (Lipinski definition) is 0. The normalized spacial score (nSPS) is 11.5. The first kappa shape index (κ1) is 7.70. The van der Waals surface area contributed by atoms with E-state index in [1.165, 1.54) is 0 Å². The largest absolute Gasteiger partial charge is 0.306 e. The van der Waals surface area contributed by atoms with Crippen LogP contribution in [-0.4, -0.2) is 25.5 Å². The summed E-state index contributed by atoms with van der Waals surface area (Å²) in [5, 5.41) is 0. The second kappa shape index (κ2) is 4.85. The van der Waals surface area contributed by atoms with E-state index in [9.17, 15) is 0 Å². The van der Waals surface area contributed by atoms with Crippen LogP contribution in [-0.2, 0) is 0 Å². The molecular weight excluding hydrogens is 98.1 g/mol. The van der Waals surface area contributed by atoms with Gasteiger partial charge in [0.15, 0.2) is 0 Å². The molecule has 0 bridgehead atoms. The van der Waals surface area contributed by atoms with Gasteiger partial charge in [0.05, 0.1) is 0 Å². The molecule has 0 fully saturated rings. The van der Waals surface area contributed by atoms with Crippen molar-refractivity contribution in [3.05, 3.63) is 12.2 Å². The topological polar surface area (TPSA) is 3.24 Å². The zero-order valence-corrected chi connectivity index (χ0v) is 6.02. The van der Waals surface area contributed by atoms with E-state index in [-0.39, 0.29) is 0 Å². The third-order valence-corrected chi connectivity index (χ3v) is 0.873. The maximum atomic E-state index is 2.18. The van der Waals surface area contributed by atoms with Gasteiger partial charge in [0.1, 0.15) is 0 Å². The SMILES string of the molecule is CC/C=C\CN(C)C. The van der Waals surface area contributed by atoms with Crippen LogP contribution < -0.4 is 0 Å². The maximum Gasteiger partial charge on any atom is 0.0157 e. The molecule has 0 saturated carbocycles. The van der Waals surface area contributed by atoms with Gasteiger partial charge in [0.25, 0.3) is 0 Å². The summed E-state index contributed by atoms with van der Waals surface area (Å²) in [6.07, 6.45) is 5.51. The molecule has 8 heavy (non-hydrogen) atoms. The lowest BCUT2D eigenvalue weighted by atomic mass is 10.4. The van der Waals surface area contributed by atoms with Crippen LogP contribution in [0, 0.1) is 0 Å². The lowest BCUT2D eigenvalue weighted by Gasteiger charge is -2.02. The predicted molar refractivity (Wildman–Crippen MR) is 38.0 cm³/mol. The molecule has 0 aliphatic rings. The highest BCUT2D eigenvalue weighted by atomic mass is 15.0. The number of allylic oxidation sites excluding steroid dienone is 1. The Labute approximate surface area is 52.0 Å². The minimum absolute atomic E-state index is 1.06. The van der Waals surface area contributed by atoms with E-state index >= 15 is 0 Å². The molecule has 1 heteroatoms. The summed E-state index contributed by atoms with van der Waals surface area (Å²) in [7, 11) is 4.14. The van der Waals surface area contributed by atoms with Crippen molar-refractivity contribution in [1.82, 2.24) is 4.90 Å². The molecule has 1 nitrogen and oxygen atoms in total. The highest BCUT2D eigenvalue weighted by Gasteiger charge is 1.78. The monoisotopic (exact) mass is 113 g/mol. The summed E-state index contributed by atoms with van der Waals surface area (Å²) >= 11 is 0. The fourth-order valence-electron chi connectivity index (χ4n) is 0.452. The van der Waals surface area contributed by atoms with Crippen LogP contribution >= 0.6 is 0 Å². The molecular formula is C7H15N. The second-order valence-electron chi connectivity index (χ2n) is 2.14. The van der Waals surface area contributed by atoms with Crippen molar-refractivity contribution < 1.29 is 0 Å². The Morgan fingerprint density at radius 2 is 1.88 bits per heavy atom. The quantitative estimate of drug-likeness (QED) is 0.501. The molecule has 0 atom stereocenters. The van der Waals surface area contributed by atoms with Crippen LogP contribution in [0.4, 0.5) is 0 Å². The molecule has 0 aliphatic heterocycles. The minimum Gasteiger partial charge on any atom is -0.306 e. The Balaban J connectivity index is 3.03. The summed E-state index contributed by atoms with van der Waals surface area (Å²) in [4.78, 5) is 2.14. The molecule has 0 aromatic rings. The van der Waals surface area contributed by atoms with E-state index < -0.39 is 0 Å². The van der Waals surface area contributed by atoms with Gasteiger partial charge in [-0.05, 0) is 20.5 Å². The molecule has 0 aliphatic carbocycles. The minimum atomic E-state index is 1.06. The Kier molecular flexibility index (Phi) is 4.67. The Morgan fingerprint density at radius 1 is 1.25 bits per heavy atom. The van der Waals surface area contributed by atoms with Gasteiger partial charge in [-0.15, -0.1) is 0 Å². The van der Waals surface area contributed by atoms with Gasteiger partial charge < -0.3 is 4.90 Å². The van der Waals surface area contributed by atoms with Gasteiger partial charge in [0.2, 0.25) is 0 Å². The summed E-state index contributed by atoms with van der Waals surface area (Å²) < 4.78 is 0. The van der Waals surface area contributed by atoms with Crippen molar-refractivity contribution in [3.63, 3.8) is 0 Å². The molecule has 0 unspecified atom stereocenters. The van der Waals surface area contributed by atoms with Gasteiger partial charge in [-0.3, -0.25) is 0 Å². The molecule has 0 N–H and O–H groups in total. The van der Waals surface area contributed by atoms with Crippen LogP contribution in [0.5, 0.6) is 0 Å². The first-order valence-electron chi connectivity index (χ1n) is 3.07. The zero-order valence-electron chi connectivity index (χ0n) is 6.02. The highest BCUT2D eigenvalue weighted by Crippen LogP contribution is 1.80. The van der Waals surface area contributed by atoms with E-state index in [1.54, 1.807) is 0 Å². The van der Waals surface area contributed by atoms with E-state index in [4.69, 9.17) is 0 Å². The number of nitrogens with zero attached hydrogens (tertiary/aromatic N) is 1. The van der Waals surface area contributed by atoms with Gasteiger partial charge >= 0.3 is 0 Å². The van der Waals surface area contributed by atoms with Crippen molar-refractivity contribution in [1.29, 1.82) is 0 Å². The summed E-state index contributed by atoms with van der Waals surface area (Å²) in [5.74, 6) is 0. The first-order valence-corrected chi connectivity index (χ1v) is 3.07. The standard InChI is InChI=1S/C7H15N/c1-4-5-6-7-8(2)3/h5-6H,4,7H2,1-3H3/b6-5-. The Hall–Kier alpha value is -0.300. The van der Waals surface area contributed by atoms with Gasteiger partial charge in [0, 0.05) is 6.54 Å². The number of likely N-dealkylation sites (N-methyl/N-ethyl adjacent to an activating group) is 1. The molecule has 0 radical (unpaired) electrons. The average Bonchev–Trinajstić information content (AvgIpc) is 1.66. The molecule has 0 aromatic heterocycles. The lowest BCUT2D eigenvalue weighted by molar-refractivity contribution is 0.456. The number of rotatable bonds is 3. The van der Waals surface area contributed by atoms with E-state index in [0.717, 1.165) is 13.0 Å². The van der Waals surface area contributed by atoms with Gasteiger partial charge in [-0.1, -0.05) is 19.1 Å². The molecule has 0 rings (SSSR count). The van der Waals surface area contributed by atoms with Crippen molar-refractivity contribution in [2.45, 2.75) is 13.3 Å². The maximum absolute atomic E-state index is 2.18. The van der Waals surface area contributed by atoms with Crippen LogP contribution in [0.2, 0.25) is 0 Å². The smallest absolute Gasteiger partial charge is 0.0157 e. The predicted octanol–water partition coefficient (Wildman–Crippen LogP) is 1.51. The molecule has 0 amide bonds. The summed E-state index contributed by atoms with van der Waals surface area (Å²) in [6, 6.07) is 0. The third kappa shape index (κ3) is 5.70. The third-order valence-electron chi connectivity index (χ3n) is 0.873. The first-order chi connectivity index (χ1) is 3.77. The Morgan fingerprint density at radius 3 is 2.25 bits per heavy atom. The fraction of sp³-hybridized carbons (Fsp3) is 0.714. The summed E-state index contributed by atoms with van der Waals surface area (Å²) in [5.41, 5.74) is 0. The Bertz CT molecular complexity index is 64.8. The second-order valence-corrected chi connectivity index (χ2v) is 2.14. The van der Waals surface area contributed by atoms with Gasteiger partial charge in [-0.25, -0.2) is 0 Å². The van der Waals surface area contributed by atoms with Crippen molar-refractivity contribution in [2.75, 3.05) is 20.6 Å². The van der Waals surface area contributed by atoms with E-state index in [1.807, 2.05) is 0 Å². The molecule has 0 heterocycles. The van der Waals surface area contributed by atoms with Crippen LogP contribution in [0.3, 0.4) is 0 Å². The zero-order chi connectivity index (χ0) is 6.41. The molecule has 0 aromatic carbocycles. The summed E-state index contributed by atoms with van der Waals surface area (Å²) in [6.45, 7) is 3.21. The molecule has 0 spiro atoms. The van der Waals surface area contributed by atoms with Crippen LogP contribution in [0.1, 0.15) is 13.3 Å². The van der Waals surface area contributed by atoms with Crippen molar-refractivity contribution >= 4 is 0 Å². The average molecular weight is 113 g/mol. The van der Waals surface area contributed by atoms with E-state index in [0.29, 0.717) is 0 Å². The fourth-order valence-corrected chi connectivity index (χ4v) is 0.452. The van der Waals surface area contributed by atoms with Crippen LogP contribution in [0.15, 0.2) is 12.2 Å².